The Morgan fingerprint density at radius 1 is 1.24 bits per heavy atom. The summed E-state index contributed by atoms with van der Waals surface area (Å²) in [4.78, 5) is 3.36. The molecule has 1 aromatic carbocycles. The van der Waals surface area contributed by atoms with Crippen molar-refractivity contribution in [2.75, 3.05) is 6.61 Å². The zero-order chi connectivity index (χ0) is 12.5. The average Bonchev–Trinajstić information content (AvgIpc) is 2.39. The molecule has 0 aliphatic rings. The Balaban J connectivity index is 2.40. The highest BCUT2D eigenvalue weighted by molar-refractivity contribution is 5.46. The molecule has 1 unspecified atom stereocenters. The van der Waals surface area contributed by atoms with Crippen molar-refractivity contribution in [3.63, 3.8) is 0 Å². The Kier molecular flexibility index (Phi) is 6.17. The standard InChI is InChI=1S/C15H21NO/c1-4-6-7-13(5-2)12-17-15-10-8-14(16-3)9-11-15/h8-11,13H,4-7,12H2,1-2H3. The van der Waals surface area contributed by atoms with Gasteiger partial charge in [0, 0.05) is 0 Å². The van der Waals surface area contributed by atoms with Crippen LogP contribution in [0.5, 0.6) is 5.75 Å². The lowest BCUT2D eigenvalue weighted by atomic mass is 10.0. The highest BCUT2D eigenvalue weighted by Gasteiger charge is 2.06. The molecule has 0 N–H and O–H groups in total. The molecule has 0 saturated carbocycles. The van der Waals surface area contributed by atoms with Crippen molar-refractivity contribution in [1.82, 2.24) is 0 Å². The summed E-state index contributed by atoms with van der Waals surface area (Å²) in [5.41, 5.74) is 0.662. The average molecular weight is 231 g/mol. The molecule has 0 radical (unpaired) electrons. The van der Waals surface area contributed by atoms with Crippen molar-refractivity contribution >= 4 is 5.69 Å². The van der Waals surface area contributed by atoms with Crippen LogP contribution in [0.2, 0.25) is 0 Å². The summed E-state index contributed by atoms with van der Waals surface area (Å²) in [6.07, 6.45) is 4.93. The summed E-state index contributed by atoms with van der Waals surface area (Å²) in [6.45, 7) is 12.1. The second-order valence-electron chi connectivity index (χ2n) is 4.33. The minimum absolute atomic E-state index is 0.649. The molecule has 1 rings (SSSR count). The Bertz CT molecular complexity index is 350. The first kappa shape index (κ1) is 13.6. The molecular weight excluding hydrogens is 210 g/mol. The van der Waals surface area contributed by atoms with Crippen LogP contribution in [0, 0.1) is 12.5 Å². The normalized spacial score (nSPS) is 11.8. The van der Waals surface area contributed by atoms with Crippen molar-refractivity contribution in [2.45, 2.75) is 39.5 Å². The maximum atomic E-state index is 6.87. The second kappa shape index (κ2) is 7.73. The van der Waals surface area contributed by atoms with Gasteiger partial charge < -0.3 is 4.74 Å². The molecule has 0 aliphatic heterocycles. The van der Waals surface area contributed by atoms with Crippen molar-refractivity contribution in [3.05, 3.63) is 35.7 Å². The Morgan fingerprint density at radius 3 is 2.47 bits per heavy atom. The van der Waals surface area contributed by atoms with Gasteiger partial charge in [0.25, 0.3) is 0 Å². The fourth-order valence-corrected chi connectivity index (χ4v) is 1.73. The molecule has 92 valence electrons. The first-order chi connectivity index (χ1) is 8.30. The van der Waals surface area contributed by atoms with E-state index in [1.54, 1.807) is 12.1 Å². The minimum atomic E-state index is 0.649. The first-order valence-electron chi connectivity index (χ1n) is 6.40. The van der Waals surface area contributed by atoms with Gasteiger partial charge in [0.05, 0.1) is 13.2 Å². The van der Waals surface area contributed by atoms with Gasteiger partial charge in [-0.3, -0.25) is 0 Å². The maximum Gasteiger partial charge on any atom is 0.187 e. The summed E-state index contributed by atoms with van der Waals surface area (Å²) >= 11 is 0. The number of ether oxygens (including phenoxy) is 1. The number of hydrogen-bond acceptors (Lipinski definition) is 1. The van der Waals surface area contributed by atoms with Crippen molar-refractivity contribution in [1.29, 1.82) is 0 Å². The van der Waals surface area contributed by atoms with Gasteiger partial charge in [-0.05, 0) is 24.5 Å². The quantitative estimate of drug-likeness (QED) is 0.613. The topological polar surface area (TPSA) is 13.6 Å². The molecule has 0 saturated heterocycles. The van der Waals surface area contributed by atoms with E-state index in [4.69, 9.17) is 11.3 Å². The zero-order valence-corrected chi connectivity index (χ0v) is 10.8. The molecule has 0 aromatic heterocycles. The third-order valence-electron chi connectivity index (χ3n) is 2.99. The van der Waals surface area contributed by atoms with Gasteiger partial charge in [-0.15, -0.1) is 0 Å². The van der Waals surface area contributed by atoms with Gasteiger partial charge in [0.1, 0.15) is 5.75 Å². The van der Waals surface area contributed by atoms with Crippen LogP contribution in [0.25, 0.3) is 4.85 Å². The monoisotopic (exact) mass is 231 g/mol. The largest absolute Gasteiger partial charge is 0.493 e. The van der Waals surface area contributed by atoms with Crippen molar-refractivity contribution in [2.24, 2.45) is 5.92 Å². The van der Waals surface area contributed by atoms with E-state index in [1.807, 2.05) is 12.1 Å². The summed E-state index contributed by atoms with van der Waals surface area (Å²) in [5, 5.41) is 0. The highest BCUT2D eigenvalue weighted by Crippen LogP contribution is 2.20. The van der Waals surface area contributed by atoms with Gasteiger partial charge in [-0.1, -0.05) is 45.2 Å². The van der Waals surface area contributed by atoms with Crippen LogP contribution in [-0.2, 0) is 0 Å². The maximum absolute atomic E-state index is 6.87. The number of hydrogen-bond donors (Lipinski definition) is 0. The fourth-order valence-electron chi connectivity index (χ4n) is 1.73. The third-order valence-corrected chi connectivity index (χ3v) is 2.99. The van der Waals surface area contributed by atoms with Gasteiger partial charge in [0.15, 0.2) is 5.69 Å². The predicted molar refractivity (Wildman–Crippen MR) is 71.5 cm³/mol. The van der Waals surface area contributed by atoms with E-state index in [0.717, 1.165) is 12.4 Å². The molecule has 1 aromatic rings. The van der Waals surface area contributed by atoms with Crippen LogP contribution in [0.3, 0.4) is 0 Å². The molecule has 1 atom stereocenters. The first-order valence-corrected chi connectivity index (χ1v) is 6.40. The van der Waals surface area contributed by atoms with Crippen LogP contribution in [-0.4, -0.2) is 6.61 Å². The molecule has 0 spiro atoms. The van der Waals surface area contributed by atoms with E-state index in [9.17, 15) is 0 Å². The molecule has 2 heteroatoms. The molecular formula is C15H21NO. The van der Waals surface area contributed by atoms with Crippen LogP contribution >= 0.6 is 0 Å². The molecule has 17 heavy (non-hydrogen) atoms. The smallest absolute Gasteiger partial charge is 0.187 e. The van der Waals surface area contributed by atoms with Crippen molar-refractivity contribution in [3.8, 4) is 5.75 Å². The Morgan fingerprint density at radius 2 is 1.94 bits per heavy atom. The van der Waals surface area contributed by atoms with E-state index >= 15 is 0 Å². The Hall–Kier alpha value is -1.49. The van der Waals surface area contributed by atoms with Crippen molar-refractivity contribution < 1.29 is 4.74 Å². The number of benzene rings is 1. The number of nitrogens with zero attached hydrogens (tertiary/aromatic N) is 1. The summed E-state index contributed by atoms with van der Waals surface area (Å²) < 4.78 is 5.75. The lowest BCUT2D eigenvalue weighted by Crippen LogP contribution is -2.11. The zero-order valence-electron chi connectivity index (χ0n) is 10.8. The van der Waals surface area contributed by atoms with E-state index in [1.165, 1.54) is 25.7 Å². The lowest BCUT2D eigenvalue weighted by molar-refractivity contribution is 0.233. The van der Waals surface area contributed by atoms with Crippen LogP contribution in [0.1, 0.15) is 39.5 Å². The van der Waals surface area contributed by atoms with Gasteiger partial charge >= 0.3 is 0 Å². The van der Waals surface area contributed by atoms with E-state index in [2.05, 4.69) is 18.7 Å². The van der Waals surface area contributed by atoms with E-state index < -0.39 is 0 Å². The fraction of sp³-hybridized carbons (Fsp3) is 0.533. The molecule has 0 amide bonds. The van der Waals surface area contributed by atoms with Crippen LogP contribution in [0.4, 0.5) is 5.69 Å². The van der Waals surface area contributed by atoms with Crippen LogP contribution in [0.15, 0.2) is 24.3 Å². The van der Waals surface area contributed by atoms with Crippen LogP contribution < -0.4 is 4.74 Å². The number of unbranched alkanes of at least 4 members (excludes halogenated alkanes) is 1. The summed E-state index contributed by atoms with van der Waals surface area (Å²) in [7, 11) is 0. The lowest BCUT2D eigenvalue weighted by Gasteiger charge is -2.15. The predicted octanol–water partition coefficient (Wildman–Crippen LogP) is 4.83. The minimum Gasteiger partial charge on any atom is -0.493 e. The van der Waals surface area contributed by atoms with E-state index in [-0.39, 0.29) is 0 Å². The summed E-state index contributed by atoms with van der Waals surface area (Å²) in [6, 6.07) is 7.35. The third kappa shape index (κ3) is 4.91. The number of rotatable bonds is 7. The molecule has 0 aliphatic carbocycles. The summed E-state index contributed by atoms with van der Waals surface area (Å²) in [5.74, 6) is 1.52. The SMILES string of the molecule is [C-]#[N+]c1ccc(OCC(CC)CCCC)cc1. The second-order valence-corrected chi connectivity index (χ2v) is 4.33. The molecule has 0 fully saturated rings. The van der Waals surface area contributed by atoms with Gasteiger partial charge in [0.2, 0.25) is 0 Å². The molecule has 0 bridgehead atoms. The van der Waals surface area contributed by atoms with E-state index in [0.29, 0.717) is 11.6 Å². The Labute approximate surface area is 104 Å². The molecule has 0 heterocycles. The highest BCUT2D eigenvalue weighted by atomic mass is 16.5. The molecule has 2 nitrogen and oxygen atoms in total. The van der Waals surface area contributed by atoms with Gasteiger partial charge in [-0.2, -0.15) is 0 Å². The van der Waals surface area contributed by atoms with Gasteiger partial charge in [-0.25, -0.2) is 4.85 Å².